The number of unbranched alkanes of at least 4 members (excludes halogenated alkanes) is 1. The van der Waals surface area contributed by atoms with Crippen molar-refractivity contribution >= 4 is 0 Å². The largest absolute Gasteiger partial charge is 0.314 e. The summed E-state index contributed by atoms with van der Waals surface area (Å²) in [5, 5.41) is 3.82. The van der Waals surface area contributed by atoms with E-state index >= 15 is 0 Å². The van der Waals surface area contributed by atoms with Gasteiger partial charge in [-0.15, -0.1) is 0 Å². The summed E-state index contributed by atoms with van der Waals surface area (Å²) in [6, 6.07) is 0.753. The number of hydrogen-bond acceptors (Lipinski definition) is 1. The van der Waals surface area contributed by atoms with Crippen molar-refractivity contribution in [3.05, 3.63) is 0 Å². The van der Waals surface area contributed by atoms with Crippen LogP contribution >= 0.6 is 0 Å². The van der Waals surface area contributed by atoms with E-state index in [-0.39, 0.29) is 0 Å². The monoisotopic (exact) mass is 255 g/mol. The van der Waals surface area contributed by atoms with Gasteiger partial charge >= 0.3 is 0 Å². The molecule has 110 valence electrons. The molecule has 0 aliphatic heterocycles. The molecule has 0 saturated heterocycles. The van der Waals surface area contributed by atoms with Crippen molar-refractivity contribution in [1.29, 1.82) is 0 Å². The lowest BCUT2D eigenvalue weighted by Gasteiger charge is -2.30. The van der Waals surface area contributed by atoms with Gasteiger partial charge < -0.3 is 5.32 Å². The lowest BCUT2D eigenvalue weighted by atomic mass is 9.84. The summed E-state index contributed by atoms with van der Waals surface area (Å²) < 4.78 is 0. The molecule has 0 saturated carbocycles. The fourth-order valence-electron chi connectivity index (χ4n) is 2.97. The highest BCUT2D eigenvalue weighted by molar-refractivity contribution is 4.77. The Morgan fingerprint density at radius 2 is 1.61 bits per heavy atom. The van der Waals surface area contributed by atoms with Gasteiger partial charge in [-0.1, -0.05) is 66.7 Å². The van der Waals surface area contributed by atoms with E-state index in [1.165, 1.54) is 57.9 Å². The maximum Gasteiger partial charge on any atom is 0.00977 e. The van der Waals surface area contributed by atoms with E-state index in [0.29, 0.717) is 0 Å². The van der Waals surface area contributed by atoms with Crippen molar-refractivity contribution in [1.82, 2.24) is 5.32 Å². The average molecular weight is 255 g/mol. The van der Waals surface area contributed by atoms with Crippen molar-refractivity contribution in [2.24, 2.45) is 11.8 Å². The van der Waals surface area contributed by atoms with Gasteiger partial charge in [0.2, 0.25) is 0 Å². The molecule has 1 N–H and O–H groups in total. The van der Waals surface area contributed by atoms with Crippen molar-refractivity contribution < 1.29 is 0 Å². The molecule has 0 aromatic carbocycles. The van der Waals surface area contributed by atoms with Gasteiger partial charge in [-0.05, 0) is 37.6 Å². The van der Waals surface area contributed by atoms with Crippen molar-refractivity contribution in [3.8, 4) is 0 Å². The Hall–Kier alpha value is -0.0400. The Morgan fingerprint density at radius 3 is 2.11 bits per heavy atom. The lowest BCUT2D eigenvalue weighted by molar-refractivity contribution is 0.268. The summed E-state index contributed by atoms with van der Waals surface area (Å²) in [6.45, 7) is 12.9. The van der Waals surface area contributed by atoms with E-state index in [1.807, 2.05) is 0 Å². The molecule has 0 aromatic rings. The number of rotatable bonds is 12. The highest BCUT2D eigenvalue weighted by atomic mass is 14.9. The number of nitrogens with one attached hydrogen (secondary N) is 1. The SMILES string of the molecule is CCCCC(CC)C(CC(C)CCC)NCCC. The van der Waals surface area contributed by atoms with E-state index in [9.17, 15) is 0 Å². The zero-order valence-corrected chi connectivity index (χ0v) is 13.6. The molecule has 0 amide bonds. The van der Waals surface area contributed by atoms with Crippen LogP contribution in [0.15, 0.2) is 0 Å². The first-order chi connectivity index (χ1) is 8.69. The van der Waals surface area contributed by atoms with Gasteiger partial charge in [-0.3, -0.25) is 0 Å². The standard InChI is InChI=1S/C17H37N/c1-6-10-12-16(9-4)17(18-13-8-3)14-15(5)11-7-2/h15-18H,6-14H2,1-5H3. The average Bonchev–Trinajstić information content (AvgIpc) is 2.36. The summed E-state index contributed by atoms with van der Waals surface area (Å²) in [6.07, 6.45) is 10.8. The minimum atomic E-state index is 0.753. The van der Waals surface area contributed by atoms with Gasteiger partial charge in [0.05, 0.1) is 0 Å². The molecule has 0 aliphatic carbocycles. The van der Waals surface area contributed by atoms with Crippen molar-refractivity contribution in [2.75, 3.05) is 6.54 Å². The first kappa shape index (κ1) is 18.0. The van der Waals surface area contributed by atoms with E-state index in [0.717, 1.165) is 17.9 Å². The van der Waals surface area contributed by atoms with E-state index in [4.69, 9.17) is 0 Å². The Bertz CT molecular complexity index is 167. The van der Waals surface area contributed by atoms with Crippen LogP contribution in [0.2, 0.25) is 0 Å². The second kappa shape index (κ2) is 12.0. The third-order valence-corrected chi connectivity index (χ3v) is 4.12. The predicted octanol–water partition coefficient (Wildman–Crippen LogP) is 5.40. The van der Waals surface area contributed by atoms with Crippen LogP contribution in [0.5, 0.6) is 0 Å². The molecule has 0 radical (unpaired) electrons. The highest BCUT2D eigenvalue weighted by Crippen LogP contribution is 2.24. The summed E-state index contributed by atoms with van der Waals surface area (Å²) in [4.78, 5) is 0. The van der Waals surface area contributed by atoms with Gasteiger partial charge in [0.25, 0.3) is 0 Å². The topological polar surface area (TPSA) is 12.0 Å². The Labute approximate surface area is 116 Å². The minimum Gasteiger partial charge on any atom is -0.314 e. The maximum absolute atomic E-state index is 3.82. The van der Waals surface area contributed by atoms with Crippen molar-refractivity contribution in [3.63, 3.8) is 0 Å². The first-order valence-corrected chi connectivity index (χ1v) is 8.42. The molecule has 0 fully saturated rings. The fraction of sp³-hybridized carbons (Fsp3) is 1.00. The summed E-state index contributed by atoms with van der Waals surface area (Å²) in [7, 11) is 0. The van der Waals surface area contributed by atoms with Gasteiger partial charge in [0.1, 0.15) is 0 Å². The van der Waals surface area contributed by atoms with Crippen LogP contribution in [0, 0.1) is 11.8 Å². The summed E-state index contributed by atoms with van der Waals surface area (Å²) in [5.74, 6) is 1.76. The van der Waals surface area contributed by atoms with Crippen LogP contribution in [0.1, 0.15) is 86.0 Å². The maximum atomic E-state index is 3.82. The molecule has 3 unspecified atom stereocenters. The van der Waals surface area contributed by atoms with Crippen LogP contribution in [-0.2, 0) is 0 Å². The molecule has 0 aromatic heterocycles. The van der Waals surface area contributed by atoms with Crippen LogP contribution in [0.25, 0.3) is 0 Å². The third-order valence-electron chi connectivity index (χ3n) is 4.12. The molecule has 0 spiro atoms. The van der Waals surface area contributed by atoms with Gasteiger partial charge in [0, 0.05) is 6.04 Å². The lowest BCUT2D eigenvalue weighted by Crippen LogP contribution is -2.38. The molecule has 0 heterocycles. The molecule has 1 heteroatoms. The van der Waals surface area contributed by atoms with E-state index in [2.05, 4.69) is 39.9 Å². The second-order valence-electron chi connectivity index (χ2n) is 6.00. The highest BCUT2D eigenvalue weighted by Gasteiger charge is 2.20. The normalized spacial score (nSPS) is 16.5. The summed E-state index contributed by atoms with van der Waals surface area (Å²) in [5.41, 5.74) is 0. The molecule has 0 bridgehead atoms. The van der Waals surface area contributed by atoms with Crippen molar-refractivity contribution in [2.45, 2.75) is 92.0 Å². The second-order valence-corrected chi connectivity index (χ2v) is 6.00. The first-order valence-electron chi connectivity index (χ1n) is 8.42. The quantitative estimate of drug-likeness (QED) is 0.492. The minimum absolute atomic E-state index is 0.753. The predicted molar refractivity (Wildman–Crippen MR) is 84.1 cm³/mol. The molecule has 0 rings (SSSR count). The Balaban J connectivity index is 4.31. The molecule has 3 atom stereocenters. The molecular formula is C17H37N. The summed E-state index contributed by atoms with van der Waals surface area (Å²) >= 11 is 0. The van der Waals surface area contributed by atoms with Gasteiger partial charge in [0.15, 0.2) is 0 Å². The van der Waals surface area contributed by atoms with Gasteiger partial charge in [-0.25, -0.2) is 0 Å². The fourth-order valence-corrected chi connectivity index (χ4v) is 2.97. The van der Waals surface area contributed by atoms with Crippen LogP contribution < -0.4 is 5.32 Å². The van der Waals surface area contributed by atoms with Crippen LogP contribution in [-0.4, -0.2) is 12.6 Å². The smallest absolute Gasteiger partial charge is 0.00977 e. The zero-order chi connectivity index (χ0) is 13.8. The molecule has 0 aliphatic rings. The zero-order valence-electron chi connectivity index (χ0n) is 13.6. The Morgan fingerprint density at radius 1 is 0.889 bits per heavy atom. The van der Waals surface area contributed by atoms with Crippen LogP contribution in [0.3, 0.4) is 0 Å². The Kier molecular flexibility index (Phi) is 12.0. The molecule has 18 heavy (non-hydrogen) atoms. The van der Waals surface area contributed by atoms with E-state index in [1.54, 1.807) is 0 Å². The molecule has 1 nitrogen and oxygen atoms in total. The van der Waals surface area contributed by atoms with Gasteiger partial charge in [-0.2, -0.15) is 0 Å². The van der Waals surface area contributed by atoms with Crippen LogP contribution in [0.4, 0.5) is 0 Å². The van der Waals surface area contributed by atoms with E-state index < -0.39 is 0 Å². The third kappa shape index (κ3) is 8.13. The molecular weight excluding hydrogens is 218 g/mol. The number of hydrogen-bond donors (Lipinski definition) is 1.